The molecule has 0 radical (unpaired) electrons. The summed E-state index contributed by atoms with van der Waals surface area (Å²) in [5, 5.41) is 13.2. The average molecular weight is 418 g/mol. The van der Waals surface area contributed by atoms with E-state index in [1.807, 2.05) is 47.4 Å². The molecule has 31 heavy (non-hydrogen) atoms. The summed E-state index contributed by atoms with van der Waals surface area (Å²) >= 11 is 0. The summed E-state index contributed by atoms with van der Waals surface area (Å²) in [6.07, 6.45) is 0. The summed E-state index contributed by atoms with van der Waals surface area (Å²) in [4.78, 5) is 34.1. The third kappa shape index (κ3) is 4.80. The number of anilines is 1. The van der Waals surface area contributed by atoms with Crippen LogP contribution in [0.3, 0.4) is 0 Å². The van der Waals surface area contributed by atoms with Crippen LogP contribution in [0, 0.1) is 0 Å². The zero-order chi connectivity index (χ0) is 21.8. The van der Waals surface area contributed by atoms with Gasteiger partial charge in [-0.15, -0.1) is 0 Å². The lowest BCUT2D eigenvalue weighted by Gasteiger charge is -2.28. The van der Waals surface area contributed by atoms with Crippen LogP contribution in [-0.2, 0) is 16.1 Å². The lowest BCUT2D eigenvalue weighted by molar-refractivity contribution is -0.120. The van der Waals surface area contributed by atoms with E-state index in [-0.39, 0.29) is 23.8 Å². The quantitative estimate of drug-likeness (QED) is 0.487. The number of nitrogens with zero attached hydrogens (tertiary/aromatic N) is 3. The van der Waals surface area contributed by atoms with Gasteiger partial charge in [0.15, 0.2) is 11.6 Å². The molecule has 0 saturated carbocycles. The van der Waals surface area contributed by atoms with E-state index in [0.717, 1.165) is 16.6 Å². The third-order valence-electron chi connectivity index (χ3n) is 4.96. The van der Waals surface area contributed by atoms with Crippen molar-refractivity contribution in [1.82, 2.24) is 10.3 Å². The molecule has 158 valence electrons. The van der Waals surface area contributed by atoms with Gasteiger partial charge in [-0.25, -0.2) is 14.8 Å². The predicted molar refractivity (Wildman–Crippen MR) is 118 cm³/mol. The Morgan fingerprint density at radius 1 is 1.23 bits per heavy atom. The van der Waals surface area contributed by atoms with Crippen LogP contribution in [0.2, 0.25) is 0 Å². The Morgan fingerprint density at radius 2 is 2.03 bits per heavy atom. The molecule has 8 heteroatoms. The van der Waals surface area contributed by atoms with Crippen molar-refractivity contribution in [2.45, 2.75) is 13.5 Å². The Bertz CT molecular complexity index is 1160. The van der Waals surface area contributed by atoms with Crippen LogP contribution in [0.1, 0.15) is 23.0 Å². The molecule has 0 aliphatic carbocycles. The third-order valence-corrected chi connectivity index (χ3v) is 4.96. The summed E-state index contributed by atoms with van der Waals surface area (Å²) in [6.45, 7) is 3.54. The van der Waals surface area contributed by atoms with Gasteiger partial charge in [0.05, 0.1) is 12.1 Å². The number of ether oxygens (including phenoxy) is 1. The molecule has 0 bridgehead atoms. The Labute approximate surface area is 179 Å². The molecule has 2 heterocycles. The van der Waals surface area contributed by atoms with Crippen LogP contribution in [0.25, 0.3) is 10.9 Å². The number of amides is 1. The minimum absolute atomic E-state index is 0.0406. The Balaban J connectivity index is 1.62. The molecule has 1 saturated heterocycles. The van der Waals surface area contributed by atoms with Gasteiger partial charge in [-0.1, -0.05) is 36.4 Å². The van der Waals surface area contributed by atoms with E-state index in [2.05, 4.69) is 15.3 Å². The number of carboxylic acids is 1. The maximum atomic E-state index is 11.8. The number of carbonyl (C=O) groups is 2. The largest absolute Gasteiger partial charge is 0.476 e. The average Bonchev–Trinajstić information content (AvgIpc) is 2.77. The molecule has 2 aromatic carbocycles. The first-order valence-electron chi connectivity index (χ1n) is 9.91. The van der Waals surface area contributed by atoms with Gasteiger partial charge in [0.1, 0.15) is 12.3 Å². The number of piperazine rings is 1. The first-order valence-corrected chi connectivity index (χ1v) is 9.91. The van der Waals surface area contributed by atoms with Crippen molar-refractivity contribution >= 4 is 40.1 Å². The molecule has 1 fully saturated rings. The number of pyridine rings is 1. The van der Waals surface area contributed by atoms with E-state index < -0.39 is 5.97 Å². The number of hydrogen-bond donors (Lipinski definition) is 2. The fourth-order valence-corrected chi connectivity index (χ4v) is 3.41. The Morgan fingerprint density at radius 3 is 2.77 bits per heavy atom. The highest BCUT2D eigenvalue weighted by atomic mass is 16.5. The standard InChI is InChI=1S/C23H22N4O4/c1-15(31-14-16-5-3-2-4-6-16)25-20-11-17-7-8-18(27-10-9-24-21(28)13-27)12-19(17)26-22(20)23(29)30/h2-8,11-12H,9-10,13-14H2,1H3,(H,24,28)(H,29,30). The van der Waals surface area contributed by atoms with Crippen LogP contribution in [0.4, 0.5) is 11.4 Å². The van der Waals surface area contributed by atoms with Crippen LogP contribution < -0.4 is 10.2 Å². The molecule has 1 amide bonds. The molecule has 0 atom stereocenters. The number of rotatable bonds is 5. The monoisotopic (exact) mass is 418 g/mol. The second-order valence-corrected chi connectivity index (χ2v) is 7.21. The zero-order valence-corrected chi connectivity index (χ0v) is 17.0. The van der Waals surface area contributed by atoms with Crippen LogP contribution in [0.5, 0.6) is 0 Å². The van der Waals surface area contributed by atoms with Gasteiger partial charge in [0.2, 0.25) is 5.91 Å². The van der Waals surface area contributed by atoms with Crippen molar-refractivity contribution in [3.63, 3.8) is 0 Å². The molecule has 1 aromatic heterocycles. The molecule has 1 aliphatic heterocycles. The Hall–Kier alpha value is -3.94. The van der Waals surface area contributed by atoms with E-state index in [1.165, 1.54) is 0 Å². The highest BCUT2D eigenvalue weighted by Gasteiger charge is 2.18. The van der Waals surface area contributed by atoms with Gasteiger partial charge in [-0.2, -0.15) is 0 Å². The van der Waals surface area contributed by atoms with Gasteiger partial charge in [0, 0.05) is 31.1 Å². The maximum absolute atomic E-state index is 11.8. The molecule has 4 rings (SSSR count). The number of fused-ring (bicyclic) bond motifs is 1. The lowest BCUT2D eigenvalue weighted by Crippen LogP contribution is -2.47. The summed E-state index contributed by atoms with van der Waals surface area (Å²) in [5.74, 6) is -0.857. The number of aromatic nitrogens is 1. The minimum atomic E-state index is -1.17. The summed E-state index contributed by atoms with van der Waals surface area (Å²) in [6, 6.07) is 16.9. The molecule has 3 aromatic rings. The molecule has 1 aliphatic rings. The first-order chi connectivity index (χ1) is 15.0. The van der Waals surface area contributed by atoms with Crippen LogP contribution in [0.15, 0.2) is 59.6 Å². The number of aromatic carboxylic acids is 1. The summed E-state index contributed by atoms with van der Waals surface area (Å²) in [7, 11) is 0. The van der Waals surface area contributed by atoms with E-state index in [4.69, 9.17) is 4.74 Å². The Kier molecular flexibility index (Phi) is 5.79. The van der Waals surface area contributed by atoms with Gasteiger partial charge in [0.25, 0.3) is 0 Å². The fourth-order valence-electron chi connectivity index (χ4n) is 3.41. The highest BCUT2D eigenvalue weighted by molar-refractivity contribution is 5.98. The van der Waals surface area contributed by atoms with E-state index >= 15 is 0 Å². The van der Waals surface area contributed by atoms with Crippen molar-refractivity contribution in [3.05, 3.63) is 65.9 Å². The van der Waals surface area contributed by atoms with E-state index in [9.17, 15) is 14.7 Å². The van der Waals surface area contributed by atoms with Crippen molar-refractivity contribution < 1.29 is 19.4 Å². The molecule has 8 nitrogen and oxygen atoms in total. The van der Waals surface area contributed by atoms with E-state index in [1.54, 1.807) is 19.1 Å². The molecular formula is C23H22N4O4. The second kappa shape index (κ2) is 8.83. The topological polar surface area (TPSA) is 104 Å². The predicted octanol–water partition coefficient (Wildman–Crippen LogP) is 3.14. The van der Waals surface area contributed by atoms with E-state index in [0.29, 0.717) is 31.1 Å². The molecular weight excluding hydrogens is 396 g/mol. The lowest BCUT2D eigenvalue weighted by atomic mass is 10.1. The van der Waals surface area contributed by atoms with Gasteiger partial charge < -0.3 is 20.1 Å². The number of nitrogens with one attached hydrogen (secondary N) is 1. The van der Waals surface area contributed by atoms with Gasteiger partial charge in [-0.3, -0.25) is 4.79 Å². The van der Waals surface area contributed by atoms with Crippen molar-refractivity contribution in [1.29, 1.82) is 0 Å². The van der Waals surface area contributed by atoms with Crippen LogP contribution >= 0.6 is 0 Å². The molecule has 2 N–H and O–H groups in total. The highest BCUT2D eigenvalue weighted by Crippen LogP contribution is 2.27. The normalized spacial score (nSPS) is 14.4. The van der Waals surface area contributed by atoms with Crippen molar-refractivity contribution in [2.75, 3.05) is 24.5 Å². The van der Waals surface area contributed by atoms with Crippen molar-refractivity contribution in [3.8, 4) is 0 Å². The number of carboxylic acid groups (broad SMARTS) is 1. The zero-order valence-electron chi connectivity index (χ0n) is 17.0. The molecule has 0 spiro atoms. The van der Waals surface area contributed by atoms with Crippen molar-refractivity contribution in [2.24, 2.45) is 4.99 Å². The SMILES string of the molecule is CC(=Nc1cc2ccc(N3CCNC(=O)C3)cc2nc1C(=O)O)OCc1ccccc1. The summed E-state index contributed by atoms with van der Waals surface area (Å²) in [5.41, 5.74) is 2.43. The fraction of sp³-hybridized carbons (Fsp3) is 0.217. The van der Waals surface area contributed by atoms with Gasteiger partial charge >= 0.3 is 5.97 Å². The number of aliphatic imine (C=N–C) groups is 1. The maximum Gasteiger partial charge on any atom is 0.356 e. The number of benzene rings is 2. The molecule has 0 unspecified atom stereocenters. The first kappa shape index (κ1) is 20.3. The van der Waals surface area contributed by atoms with Crippen LogP contribution in [-0.4, -0.2) is 47.5 Å². The number of hydrogen-bond acceptors (Lipinski definition) is 6. The summed E-state index contributed by atoms with van der Waals surface area (Å²) < 4.78 is 5.67. The van der Waals surface area contributed by atoms with Gasteiger partial charge in [-0.05, 0) is 23.8 Å². The minimum Gasteiger partial charge on any atom is -0.476 e. The smallest absolute Gasteiger partial charge is 0.356 e. The number of carbonyl (C=O) groups excluding carboxylic acids is 1. The second-order valence-electron chi connectivity index (χ2n) is 7.21.